The van der Waals surface area contributed by atoms with Gasteiger partial charge in [-0.3, -0.25) is 4.90 Å². The van der Waals surface area contributed by atoms with Gasteiger partial charge in [-0.15, -0.1) is 5.73 Å². The average Bonchev–Trinajstić information content (AvgIpc) is 2.72. The van der Waals surface area contributed by atoms with E-state index in [0.29, 0.717) is 6.54 Å². The van der Waals surface area contributed by atoms with Gasteiger partial charge in [0.05, 0.1) is 18.2 Å². The predicted octanol–water partition coefficient (Wildman–Crippen LogP) is 4.79. The molecule has 0 aromatic heterocycles. The molecule has 1 heterocycles. The Balaban J connectivity index is 0.00000312. The van der Waals surface area contributed by atoms with Crippen molar-refractivity contribution in [3.63, 3.8) is 0 Å². The summed E-state index contributed by atoms with van der Waals surface area (Å²) in [6.45, 7) is 6.88. The molecule has 3 heteroatoms. The second kappa shape index (κ2) is 7.90. The summed E-state index contributed by atoms with van der Waals surface area (Å²) in [5, 5.41) is 0. The average molecular weight is 325 g/mol. The fourth-order valence-corrected chi connectivity index (χ4v) is 2.93. The number of hydrogen-bond acceptors (Lipinski definition) is 2. The maximum absolute atomic E-state index is 11.8. The van der Waals surface area contributed by atoms with E-state index in [9.17, 15) is 4.79 Å². The zero-order valence-corrected chi connectivity index (χ0v) is 15.0. The van der Waals surface area contributed by atoms with Crippen LogP contribution in [0.2, 0.25) is 0 Å². The molecule has 0 aromatic carbocycles. The van der Waals surface area contributed by atoms with Crippen molar-refractivity contribution >= 4 is 6.09 Å². The second-order valence-corrected chi connectivity index (χ2v) is 6.42. The van der Waals surface area contributed by atoms with Crippen LogP contribution in [0.4, 0.5) is 4.79 Å². The van der Waals surface area contributed by atoms with Crippen LogP contribution in [-0.2, 0) is 4.74 Å². The molecule has 0 radical (unpaired) electrons. The Bertz CT molecular complexity index is 723. The molecule has 1 aliphatic carbocycles. The van der Waals surface area contributed by atoms with Crippen LogP contribution in [0.1, 0.15) is 41.5 Å². The number of likely N-dealkylation sites (tertiary alicyclic amines) is 1. The van der Waals surface area contributed by atoms with Gasteiger partial charge in [0, 0.05) is 7.97 Å². The fourth-order valence-electron chi connectivity index (χ4n) is 2.93. The van der Waals surface area contributed by atoms with Crippen molar-refractivity contribution in [1.29, 1.82) is 0 Å². The lowest BCUT2D eigenvalue weighted by Crippen LogP contribution is -2.43. The van der Waals surface area contributed by atoms with E-state index in [-0.39, 0.29) is 13.1 Å². The number of ether oxygens (including phenoxy) is 1. The van der Waals surface area contributed by atoms with Gasteiger partial charge in [-0.25, -0.2) is 4.79 Å². The van der Waals surface area contributed by atoms with E-state index in [1.165, 1.54) is 12.7 Å². The minimum absolute atomic E-state index is 0. The van der Waals surface area contributed by atoms with Crippen LogP contribution >= 0.6 is 0 Å². The molecule has 1 amide bonds. The van der Waals surface area contributed by atoms with Crippen LogP contribution in [-0.4, -0.2) is 30.2 Å². The van der Waals surface area contributed by atoms with Crippen molar-refractivity contribution in [3.8, 4) is 11.8 Å². The fraction of sp³-hybridized carbons (Fsp3) is 0.429. The lowest BCUT2D eigenvalue weighted by molar-refractivity contribution is 0.105. The van der Waals surface area contributed by atoms with Gasteiger partial charge in [0.2, 0.25) is 0 Å². The third-order valence-electron chi connectivity index (χ3n) is 4.44. The van der Waals surface area contributed by atoms with Gasteiger partial charge in [0.25, 0.3) is 0 Å². The van der Waals surface area contributed by atoms with E-state index in [4.69, 9.17) is 4.74 Å². The standard InChI is InChI=1S/C21H25NO2.H2/c1-5-8-17-9-6-10-18(14-13-17)11-7-12-19-15-16-22(20(23)24-4)21(19,2)3;/h6,9-10,12-13H,5,8,15-16H2,1-4H3;1H/b19-12+;. The van der Waals surface area contributed by atoms with E-state index in [2.05, 4.69) is 30.6 Å². The Hall–Kier alpha value is -2.43. The van der Waals surface area contributed by atoms with Gasteiger partial charge in [-0.05, 0) is 56.1 Å². The molecular weight excluding hydrogens is 298 g/mol. The van der Waals surface area contributed by atoms with Crippen LogP contribution in [0.3, 0.4) is 0 Å². The molecule has 1 aliphatic heterocycles. The maximum atomic E-state index is 11.8. The summed E-state index contributed by atoms with van der Waals surface area (Å²) in [5.74, 6) is 6.26. The van der Waals surface area contributed by atoms with Crippen molar-refractivity contribution in [1.82, 2.24) is 4.90 Å². The largest absolute Gasteiger partial charge is 0.453 e. The van der Waals surface area contributed by atoms with Crippen molar-refractivity contribution in [2.75, 3.05) is 13.7 Å². The molecule has 1 fully saturated rings. The van der Waals surface area contributed by atoms with Crippen molar-refractivity contribution in [2.24, 2.45) is 0 Å². The molecule has 0 saturated carbocycles. The summed E-state index contributed by atoms with van der Waals surface area (Å²) in [5.41, 5.74) is 6.18. The van der Waals surface area contributed by atoms with Gasteiger partial charge in [0.1, 0.15) is 0 Å². The topological polar surface area (TPSA) is 29.5 Å². The van der Waals surface area contributed by atoms with E-state index in [1.807, 2.05) is 38.2 Å². The molecule has 1 saturated heterocycles. The summed E-state index contributed by atoms with van der Waals surface area (Å²) >= 11 is 0. The Kier molecular flexibility index (Phi) is 5.90. The summed E-state index contributed by atoms with van der Waals surface area (Å²) in [6.07, 6.45) is 12.8. The quantitative estimate of drug-likeness (QED) is 0.539. The molecule has 0 bridgehead atoms. The Labute approximate surface area is 146 Å². The number of rotatable bonds is 2. The minimum Gasteiger partial charge on any atom is -0.453 e. The Morgan fingerprint density at radius 1 is 1.54 bits per heavy atom. The molecular formula is C21H27NO2. The van der Waals surface area contributed by atoms with Gasteiger partial charge in [-0.1, -0.05) is 37.3 Å². The summed E-state index contributed by atoms with van der Waals surface area (Å²) in [7, 11) is 1.41. The van der Waals surface area contributed by atoms with E-state index < -0.39 is 0 Å². The Morgan fingerprint density at radius 2 is 2.33 bits per heavy atom. The summed E-state index contributed by atoms with van der Waals surface area (Å²) in [6, 6.07) is 0. The first-order valence-electron chi connectivity index (χ1n) is 8.39. The van der Waals surface area contributed by atoms with Gasteiger partial charge in [0.15, 0.2) is 0 Å². The van der Waals surface area contributed by atoms with E-state index in [0.717, 1.165) is 30.4 Å². The van der Waals surface area contributed by atoms with Crippen molar-refractivity contribution in [2.45, 2.75) is 45.6 Å². The van der Waals surface area contributed by atoms with E-state index >= 15 is 0 Å². The van der Waals surface area contributed by atoms with Gasteiger partial charge < -0.3 is 4.74 Å². The highest BCUT2D eigenvalue weighted by Crippen LogP contribution is 2.34. The molecule has 2 rings (SSSR count). The third kappa shape index (κ3) is 4.10. The zero-order valence-electron chi connectivity index (χ0n) is 15.0. The zero-order chi connectivity index (χ0) is 17.6. The molecule has 0 N–H and O–H groups in total. The monoisotopic (exact) mass is 325 g/mol. The van der Waals surface area contributed by atoms with Crippen molar-refractivity contribution < 1.29 is 11.0 Å². The molecule has 2 aliphatic rings. The van der Waals surface area contributed by atoms with Crippen LogP contribution in [0, 0.1) is 11.8 Å². The van der Waals surface area contributed by atoms with Gasteiger partial charge >= 0.3 is 6.09 Å². The highest BCUT2D eigenvalue weighted by atomic mass is 16.5. The summed E-state index contributed by atoms with van der Waals surface area (Å²) < 4.78 is 4.85. The number of methoxy groups -OCH3 is 1. The van der Waals surface area contributed by atoms with E-state index in [1.54, 1.807) is 4.90 Å². The van der Waals surface area contributed by atoms with Crippen molar-refractivity contribution in [3.05, 3.63) is 52.8 Å². The second-order valence-electron chi connectivity index (χ2n) is 6.42. The van der Waals surface area contributed by atoms with Crippen LogP contribution in [0.5, 0.6) is 0 Å². The first-order chi connectivity index (χ1) is 11.5. The van der Waals surface area contributed by atoms with Gasteiger partial charge in [-0.2, -0.15) is 0 Å². The van der Waals surface area contributed by atoms with Crippen LogP contribution in [0.25, 0.3) is 0 Å². The molecule has 3 nitrogen and oxygen atoms in total. The molecule has 128 valence electrons. The van der Waals surface area contributed by atoms with Crippen LogP contribution < -0.4 is 0 Å². The highest BCUT2D eigenvalue weighted by Gasteiger charge is 2.40. The Morgan fingerprint density at radius 3 is 3.04 bits per heavy atom. The minimum atomic E-state index is -0.360. The van der Waals surface area contributed by atoms with Crippen LogP contribution in [0.15, 0.2) is 52.8 Å². The highest BCUT2D eigenvalue weighted by molar-refractivity contribution is 5.70. The number of hydrogen-bond donors (Lipinski definition) is 0. The third-order valence-corrected chi connectivity index (χ3v) is 4.44. The predicted molar refractivity (Wildman–Crippen MR) is 99.5 cm³/mol. The first kappa shape index (κ1) is 17.9. The molecule has 0 spiro atoms. The molecule has 24 heavy (non-hydrogen) atoms. The summed E-state index contributed by atoms with van der Waals surface area (Å²) in [4.78, 5) is 13.6. The lowest BCUT2D eigenvalue weighted by Gasteiger charge is -2.31. The smallest absolute Gasteiger partial charge is 0.410 e. The molecule has 0 aromatic rings. The maximum Gasteiger partial charge on any atom is 0.410 e. The number of carbonyl (C=O) groups is 1. The molecule has 0 unspecified atom stereocenters. The first-order valence-corrected chi connectivity index (χ1v) is 8.39. The lowest BCUT2D eigenvalue weighted by atomic mass is 9.95. The number of allylic oxidation sites excluding steroid dienone is 6. The number of nitrogens with zero attached hydrogens (tertiary/aromatic N) is 1. The number of carbonyl (C=O) groups excluding carboxylic acids is 1. The normalized spacial score (nSPS) is 20.2. The molecule has 0 atom stereocenters. The number of amides is 1. The SMILES string of the molecule is CCCC1=CC=CC(C#C/C=C2\CCN(C(=O)OC)C2(C)C)=C=C1.[HH].